The van der Waals surface area contributed by atoms with E-state index in [2.05, 4.69) is 37.2 Å². The van der Waals surface area contributed by atoms with Crippen LogP contribution < -0.4 is 10.1 Å². The molecule has 2 aromatic rings. The van der Waals surface area contributed by atoms with E-state index < -0.39 is 17.8 Å². The molecule has 6 nitrogen and oxygen atoms in total. The third-order valence-corrected chi connectivity index (χ3v) is 6.55. The molecule has 0 spiro atoms. The van der Waals surface area contributed by atoms with Gasteiger partial charge >= 0.3 is 6.03 Å². The second-order valence-corrected chi connectivity index (χ2v) is 9.31. The average molecular weight is 548 g/mol. The quantitative estimate of drug-likeness (QED) is 0.412. The van der Waals surface area contributed by atoms with E-state index in [-0.39, 0.29) is 11.6 Å². The Morgan fingerprint density at radius 3 is 2.42 bits per heavy atom. The predicted molar refractivity (Wildman–Crippen MR) is 123 cm³/mol. The number of nitrogens with zero attached hydrogens (tertiary/aromatic N) is 1. The van der Waals surface area contributed by atoms with Crippen molar-refractivity contribution in [2.75, 3.05) is 0 Å². The second-order valence-electron chi connectivity index (χ2n) is 7.54. The van der Waals surface area contributed by atoms with Gasteiger partial charge in [-0.3, -0.25) is 19.8 Å². The number of rotatable bonds is 5. The van der Waals surface area contributed by atoms with Gasteiger partial charge in [0.1, 0.15) is 17.9 Å². The monoisotopic (exact) mass is 546 g/mol. The lowest BCUT2D eigenvalue weighted by atomic mass is 10.1. The molecule has 1 saturated heterocycles. The molecule has 1 heterocycles. The largest absolute Gasteiger partial charge is 0.488 e. The van der Waals surface area contributed by atoms with Gasteiger partial charge in [-0.15, -0.1) is 0 Å². The summed E-state index contributed by atoms with van der Waals surface area (Å²) in [5, 5.41) is 2.29. The van der Waals surface area contributed by atoms with E-state index in [0.717, 1.165) is 35.7 Å². The second kappa shape index (κ2) is 9.36. The van der Waals surface area contributed by atoms with Gasteiger partial charge < -0.3 is 4.74 Å². The number of hydrogen-bond acceptors (Lipinski definition) is 4. The maximum Gasteiger partial charge on any atom is 0.331 e. The summed E-state index contributed by atoms with van der Waals surface area (Å²) in [4.78, 5) is 38.7. The first kappa shape index (κ1) is 21.8. The number of ether oxygens (including phenoxy) is 1. The third kappa shape index (κ3) is 4.91. The zero-order chi connectivity index (χ0) is 22.0. The van der Waals surface area contributed by atoms with E-state index in [0.29, 0.717) is 22.4 Å². The van der Waals surface area contributed by atoms with Crippen LogP contribution in [0.1, 0.15) is 36.8 Å². The van der Waals surface area contributed by atoms with Crippen molar-refractivity contribution < 1.29 is 19.1 Å². The van der Waals surface area contributed by atoms with Gasteiger partial charge in [-0.25, -0.2) is 4.79 Å². The number of urea groups is 1. The minimum absolute atomic E-state index is 0.0399. The minimum atomic E-state index is -0.670. The Hall–Kier alpha value is -2.45. The van der Waals surface area contributed by atoms with E-state index in [9.17, 15) is 14.4 Å². The van der Waals surface area contributed by atoms with Gasteiger partial charge in [0, 0.05) is 10.5 Å². The normalized spacial score (nSPS) is 18.6. The molecule has 0 unspecified atom stereocenters. The number of nitrogens with one attached hydrogen (secondary N) is 1. The third-order valence-electron chi connectivity index (χ3n) is 5.40. The molecular weight excluding hydrogens is 528 g/mol. The SMILES string of the molecule is O=C1NC(=O)N(C2CCCC2)C(=O)/C1=C/c1ccc(OCc2ccc(Br)cc2)c(Br)c1. The predicted octanol–water partition coefficient (Wildman–Crippen LogP) is 5.20. The summed E-state index contributed by atoms with van der Waals surface area (Å²) < 4.78 is 7.57. The first-order valence-corrected chi connectivity index (χ1v) is 11.6. The molecule has 1 aliphatic carbocycles. The highest BCUT2D eigenvalue weighted by Gasteiger charge is 2.40. The lowest BCUT2D eigenvalue weighted by Crippen LogP contribution is -2.57. The highest BCUT2D eigenvalue weighted by atomic mass is 79.9. The molecule has 2 fully saturated rings. The van der Waals surface area contributed by atoms with Crippen molar-refractivity contribution in [1.82, 2.24) is 10.2 Å². The Labute approximate surface area is 196 Å². The molecule has 4 amide bonds. The summed E-state index contributed by atoms with van der Waals surface area (Å²) in [6.07, 6.45) is 5.01. The zero-order valence-electron chi connectivity index (χ0n) is 16.6. The van der Waals surface area contributed by atoms with Crippen molar-refractivity contribution in [2.45, 2.75) is 38.3 Å². The van der Waals surface area contributed by atoms with Gasteiger partial charge in [0.15, 0.2) is 0 Å². The van der Waals surface area contributed by atoms with E-state index in [1.165, 1.54) is 11.0 Å². The fourth-order valence-electron chi connectivity index (χ4n) is 3.80. The van der Waals surface area contributed by atoms with Crippen molar-refractivity contribution in [3.63, 3.8) is 0 Å². The molecule has 1 aliphatic heterocycles. The summed E-state index contributed by atoms with van der Waals surface area (Å²) in [6, 6.07) is 12.4. The topological polar surface area (TPSA) is 75.7 Å². The van der Waals surface area contributed by atoms with Crippen LogP contribution in [0.25, 0.3) is 6.08 Å². The van der Waals surface area contributed by atoms with Gasteiger partial charge in [0.05, 0.1) is 4.47 Å². The zero-order valence-corrected chi connectivity index (χ0v) is 19.7. The number of amides is 4. The Morgan fingerprint density at radius 1 is 1.03 bits per heavy atom. The highest BCUT2D eigenvalue weighted by Crippen LogP contribution is 2.30. The van der Waals surface area contributed by atoms with E-state index in [1.807, 2.05) is 24.3 Å². The Bertz CT molecular complexity index is 1060. The van der Waals surface area contributed by atoms with Crippen molar-refractivity contribution >= 4 is 55.8 Å². The van der Waals surface area contributed by atoms with Gasteiger partial charge in [0.25, 0.3) is 11.8 Å². The number of carbonyl (C=O) groups excluding carboxylic acids is 3. The van der Waals surface area contributed by atoms with Crippen LogP contribution in [0, 0.1) is 0 Å². The van der Waals surface area contributed by atoms with E-state index in [4.69, 9.17) is 4.74 Å². The number of barbiturate groups is 1. The summed E-state index contributed by atoms with van der Waals surface area (Å²) >= 11 is 6.90. The Kier molecular flexibility index (Phi) is 6.57. The Morgan fingerprint density at radius 2 is 1.74 bits per heavy atom. The summed E-state index contributed by atoms with van der Waals surface area (Å²) in [5.41, 5.74) is 1.64. The number of benzene rings is 2. The minimum Gasteiger partial charge on any atom is -0.488 e. The van der Waals surface area contributed by atoms with Crippen LogP contribution in [0.15, 0.2) is 57.0 Å². The summed E-state index contributed by atoms with van der Waals surface area (Å²) in [6.45, 7) is 0.408. The molecule has 4 rings (SSSR count). The molecule has 2 aliphatic rings. The number of carbonyl (C=O) groups is 3. The molecule has 160 valence electrons. The van der Waals surface area contributed by atoms with Crippen molar-refractivity contribution in [3.8, 4) is 5.75 Å². The molecule has 1 N–H and O–H groups in total. The average Bonchev–Trinajstić information content (AvgIpc) is 3.26. The molecule has 0 bridgehead atoms. The molecule has 1 saturated carbocycles. The van der Waals surface area contributed by atoms with Crippen molar-refractivity contribution in [1.29, 1.82) is 0 Å². The maximum absolute atomic E-state index is 12.9. The van der Waals surface area contributed by atoms with Crippen LogP contribution in [0.2, 0.25) is 0 Å². The van der Waals surface area contributed by atoms with Crippen LogP contribution in [0.5, 0.6) is 5.75 Å². The van der Waals surface area contributed by atoms with E-state index >= 15 is 0 Å². The lowest BCUT2D eigenvalue weighted by molar-refractivity contribution is -0.131. The number of halogens is 2. The highest BCUT2D eigenvalue weighted by molar-refractivity contribution is 9.10. The van der Waals surface area contributed by atoms with Gasteiger partial charge in [0.2, 0.25) is 0 Å². The molecule has 8 heteroatoms. The molecule has 0 radical (unpaired) electrons. The Balaban J connectivity index is 1.51. The maximum atomic E-state index is 12.9. The molecule has 0 aromatic heterocycles. The van der Waals surface area contributed by atoms with E-state index in [1.54, 1.807) is 18.2 Å². The van der Waals surface area contributed by atoms with Crippen molar-refractivity contribution in [2.24, 2.45) is 0 Å². The summed E-state index contributed by atoms with van der Waals surface area (Å²) in [7, 11) is 0. The first-order chi connectivity index (χ1) is 14.9. The molecule has 31 heavy (non-hydrogen) atoms. The molecule has 0 atom stereocenters. The molecular formula is C23H20Br2N2O4. The smallest absolute Gasteiger partial charge is 0.331 e. The number of imide groups is 2. The van der Waals surface area contributed by atoms with Gasteiger partial charge in [-0.05, 0) is 70.2 Å². The van der Waals surface area contributed by atoms with Gasteiger partial charge in [-0.1, -0.05) is 47.0 Å². The number of hydrogen-bond donors (Lipinski definition) is 1. The van der Waals surface area contributed by atoms with Crippen molar-refractivity contribution in [3.05, 3.63) is 68.1 Å². The fourth-order valence-corrected chi connectivity index (χ4v) is 4.57. The summed E-state index contributed by atoms with van der Waals surface area (Å²) in [5.74, 6) is -0.560. The fraction of sp³-hybridized carbons (Fsp3) is 0.261. The molecule has 2 aromatic carbocycles. The van der Waals surface area contributed by atoms with Crippen LogP contribution >= 0.6 is 31.9 Å². The van der Waals surface area contributed by atoms with Crippen LogP contribution in [0.3, 0.4) is 0 Å². The standard InChI is InChI=1S/C23H20Br2N2O4/c24-16-8-5-14(6-9-16)13-31-20-10-7-15(12-19(20)25)11-18-21(28)26-23(30)27(22(18)29)17-3-1-2-4-17/h5-12,17H,1-4,13H2,(H,26,28,30)/b18-11+. The van der Waals surface area contributed by atoms with Crippen LogP contribution in [-0.4, -0.2) is 28.8 Å². The van der Waals surface area contributed by atoms with Crippen LogP contribution in [0.4, 0.5) is 4.79 Å². The lowest BCUT2D eigenvalue weighted by Gasteiger charge is -2.31. The first-order valence-electron chi connectivity index (χ1n) is 10.00. The van der Waals surface area contributed by atoms with Crippen LogP contribution in [-0.2, 0) is 16.2 Å². The van der Waals surface area contributed by atoms with Gasteiger partial charge in [-0.2, -0.15) is 0 Å².